The summed E-state index contributed by atoms with van der Waals surface area (Å²) in [6.45, 7) is 1.93. The summed E-state index contributed by atoms with van der Waals surface area (Å²) in [5.41, 5.74) is 1.71. The van der Waals surface area contributed by atoms with Crippen LogP contribution >= 0.6 is 11.3 Å². The van der Waals surface area contributed by atoms with Crippen LogP contribution in [-0.2, 0) is 6.61 Å². The van der Waals surface area contributed by atoms with Crippen molar-refractivity contribution < 1.29 is 14.6 Å². The van der Waals surface area contributed by atoms with Crippen LogP contribution in [0.15, 0.2) is 18.2 Å². The molecule has 0 atom stereocenters. The lowest BCUT2D eigenvalue weighted by atomic mass is 10.1. The van der Waals surface area contributed by atoms with Gasteiger partial charge in [-0.1, -0.05) is 0 Å². The molecule has 4 nitrogen and oxygen atoms in total. The number of aliphatic hydroxyl groups excluding tert-OH is 1. The van der Waals surface area contributed by atoms with E-state index in [0.717, 1.165) is 27.6 Å². The van der Waals surface area contributed by atoms with Gasteiger partial charge in [-0.25, -0.2) is 4.98 Å². The molecule has 0 amide bonds. The highest BCUT2D eigenvalue weighted by molar-refractivity contribution is 7.12. The lowest BCUT2D eigenvalue weighted by Crippen LogP contribution is -1.92. The molecule has 0 saturated carbocycles. The van der Waals surface area contributed by atoms with Crippen molar-refractivity contribution in [2.24, 2.45) is 0 Å². The van der Waals surface area contributed by atoms with Crippen molar-refractivity contribution >= 4 is 11.3 Å². The number of thiazole rings is 1. The molecule has 0 aliphatic rings. The van der Waals surface area contributed by atoms with Gasteiger partial charge in [0.25, 0.3) is 0 Å². The number of rotatable bonds is 4. The Kier molecular flexibility index (Phi) is 3.84. The maximum Gasteiger partial charge on any atom is 0.128 e. The topological polar surface area (TPSA) is 51.6 Å². The largest absolute Gasteiger partial charge is 0.497 e. The average Bonchev–Trinajstić information content (AvgIpc) is 2.79. The zero-order chi connectivity index (χ0) is 13.1. The molecule has 1 heterocycles. The fourth-order valence-electron chi connectivity index (χ4n) is 1.77. The van der Waals surface area contributed by atoms with Gasteiger partial charge in [-0.3, -0.25) is 0 Å². The monoisotopic (exact) mass is 265 g/mol. The van der Waals surface area contributed by atoms with E-state index in [4.69, 9.17) is 14.6 Å². The first-order chi connectivity index (χ1) is 8.69. The first-order valence-corrected chi connectivity index (χ1v) is 6.30. The van der Waals surface area contributed by atoms with E-state index in [9.17, 15) is 0 Å². The van der Waals surface area contributed by atoms with Gasteiger partial charge < -0.3 is 14.6 Å². The Balaban J connectivity index is 2.56. The van der Waals surface area contributed by atoms with Crippen LogP contribution < -0.4 is 9.47 Å². The molecule has 0 radical (unpaired) electrons. The fraction of sp³-hybridized carbons (Fsp3) is 0.308. The van der Waals surface area contributed by atoms with E-state index < -0.39 is 0 Å². The standard InChI is InChI=1S/C13H15NO3S/c1-8-13(14-12(7-15)18-8)10-6-9(16-2)4-5-11(10)17-3/h4-6,15H,7H2,1-3H3. The summed E-state index contributed by atoms with van der Waals surface area (Å²) in [7, 11) is 3.25. The molecule has 0 spiro atoms. The summed E-state index contributed by atoms with van der Waals surface area (Å²) in [4.78, 5) is 5.46. The van der Waals surface area contributed by atoms with E-state index >= 15 is 0 Å². The van der Waals surface area contributed by atoms with Gasteiger partial charge in [0.2, 0.25) is 0 Å². The highest BCUT2D eigenvalue weighted by Crippen LogP contribution is 2.36. The van der Waals surface area contributed by atoms with E-state index in [1.165, 1.54) is 11.3 Å². The summed E-state index contributed by atoms with van der Waals surface area (Å²) in [5, 5.41) is 9.84. The molecule has 18 heavy (non-hydrogen) atoms. The van der Waals surface area contributed by atoms with Crippen molar-refractivity contribution in [3.63, 3.8) is 0 Å². The van der Waals surface area contributed by atoms with Crippen LogP contribution in [0.5, 0.6) is 11.5 Å². The van der Waals surface area contributed by atoms with Crippen LogP contribution in [0.2, 0.25) is 0 Å². The second kappa shape index (κ2) is 5.37. The molecule has 0 fully saturated rings. The third-order valence-corrected chi connectivity index (χ3v) is 3.59. The Morgan fingerprint density at radius 1 is 1.28 bits per heavy atom. The fourth-order valence-corrected chi connectivity index (χ4v) is 2.58. The van der Waals surface area contributed by atoms with E-state index in [0.29, 0.717) is 5.01 Å². The first-order valence-electron chi connectivity index (χ1n) is 5.49. The minimum atomic E-state index is -0.0439. The zero-order valence-corrected chi connectivity index (χ0v) is 11.4. The third-order valence-electron chi connectivity index (χ3n) is 2.64. The molecule has 0 saturated heterocycles. The Morgan fingerprint density at radius 2 is 2.06 bits per heavy atom. The van der Waals surface area contributed by atoms with E-state index in [-0.39, 0.29) is 6.61 Å². The Bertz CT molecular complexity index is 551. The number of nitrogens with zero attached hydrogens (tertiary/aromatic N) is 1. The quantitative estimate of drug-likeness (QED) is 0.923. The van der Waals surface area contributed by atoms with Gasteiger partial charge in [0.1, 0.15) is 16.5 Å². The zero-order valence-electron chi connectivity index (χ0n) is 10.6. The lowest BCUT2D eigenvalue weighted by Gasteiger charge is -2.09. The molecule has 1 N–H and O–H groups in total. The molecule has 0 unspecified atom stereocenters. The second-order valence-electron chi connectivity index (χ2n) is 3.74. The van der Waals surface area contributed by atoms with Crippen LogP contribution in [0.1, 0.15) is 9.88 Å². The molecule has 0 aliphatic carbocycles. The Morgan fingerprint density at radius 3 is 2.61 bits per heavy atom. The normalized spacial score (nSPS) is 10.4. The van der Waals surface area contributed by atoms with Gasteiger partial charge in [0.05, 0.1) is 26.5 Å². The van der Waals surface area contributed by atoms with Crippen LogP contribution in [0.3, 0.4) is 0 Å². The van der Waals surface area contributed by atoms with Gasteiger partial charge in [-0.05, 0) is 25.1 Å². The number of aliphatic hydroxyl groups is 1. The summed E-state index contributed by atoms with van der Waals surface area (Å²) < 4.78 is 10.6. The van der Waals surface area contributed by atoms with Crippen LogP contribution in [0, 0.1) is 6.92 Å². The van der Waals surface area contributed by atoms with E-state index in [1.54, 1.807) is 14.2 Å². The first kappa shape index (κ1) is 12.9. The van der Waals surface area contributed by atoms with Crippen molar-refractivity contribution in [3.05, 3.63) is 28.1 Å². The van der Waals surface area contributed by atoms with Gasteiger partial charge in [-0.2, -0.15) is 0 Å². The van der Waals surface area contributed by atoms with Crippen molar-refractivity contribution in [1.29, 1.82) is 0 Å². The van der Waals surface area contributed by atoms with Crippen LogP contribution in [-0.4, -0.2) is 24.3 Å². The van der Waals surface area contributed by atoms with Gasteiger partial charge in [-0.15, -0.1) is 11.3 Å². The molecule has 0 aliphatic heterocycles. The van der Waals surface area contributed by atoms with Crippen LogP contribution in [0.25, 0.3) is 11.3 Å². The molecule has 5 heteroatoms. The van der Waals surface area contributed by atoms with Crippen molar-refractivity contribution in [2.75, 3.05) is 14.2 Å². The average molecular weight is 265 g/mol. The Labute approximate surface area is 110 Å². The molecule has 0 bridgehead atoms. The highest BCUT2D eigenvalue weighted by Gasteiger charge is 2.14. The summed E-state index contributed by atoms with van der Waals surface area (Å²) >= 11 is 1.48. The number of aromatic nitrogens is 1. The number of hydrogen-bond donors (Lipinski definition) is 1. The lowest BCUT2D eigenvalue weighted by molar-refractivity contribution is 0.281. The number of ether oxygens (including phenoxy) is 2. The smallest absolute Gasteiger partial charge is 0.128 e. The summed E-state index contributed by atoms with van der Waals surface area (Å²) in [6, 6.07) is 5.59. The van der Waals surface area contributed by atoms with Crippen LogP contribution in [0.4, 0.5) is 0 Å². The molecule has 96 valence electrons. The summed E-state index contributed by atoms with van der Waals surface area (Å²) in [5.74, 6) is 1.50. The number of methoxy groups -OCH3 is 2. The maximum atomic E-state index is 9.14. The minimum absolute atomic E-state index is 0.0439. The molecular weight excluding hydrogens is 250 g/mol. The van der Waals surface area contributed by atoms with Gasteiger partial charge in [0.15, 0.2) is 0 Å². The van der Waals surface area contributed by atoms with Gasteiger partial charge >= 0.3 is 0 Å². The number of hydrogen-bond acceptors (Lipinski definition) is 5. The Hall–Kier alpha value is -1.59. The SMILES string of the molecule is COc1ccc(OC)c(-c2nc(CO)sc2C)c1. The maximum absolute atomic E-state index is 9.14. The van der Waals surface area contributed by atoms with E-state index in [2.05, 4.69) is 4.98 Å². The number of aryl methyl sites for hydroxylation is 1. The number of benzene rings is 1. The summed E-state index contributed by atoms with van der Waals surface area (Å²) in [6.07, 6.45) is 0. The van der Waals surface area contributed by atoms with Gasteiger partial charge in [0, 0.05) is 10.4 Å². The molecule has 1 aromatic carbocycles. The molecule has 1 aromatic heterocycles. The second-order valence-corrected chi connectivity index (χ2v) is 5.02. The molecule has 2 rings (SSSR count). The highest BCUT2D eigenvalue weighted by atomic mass is 32.1. The van der Waals surface area contributed by atoms with E-state index in [1.807, 2.05) is 25.1 Å². The van der Waals surface area contributed by atoms with Crippen molar-refractivity contribution in [1.82, 2.24) is 4.98 Å². The molecular formula is C13H15NO3S. The van der Waals surface area contributed by atoms with Crippen molar-refractivity contribution in [3.8, 4) is 22.8 Å². The van der Waals surface area contributed by atoms with Crippen molar-refractivity contribution in [2.45, 2.75) is 13.5 Å². The third kappa shape index (κ3) is 2.32. The molecule has 2 aromatic rings. The predicted octanol–water partition coefficient (Wildman–Crippen LogP) is 2.63. The predicted molar refractivity (Wildman–Crippen MR) is 71.3 cm³/mol. The minimum Gasteiger partial charge on any atom is -0.497 e.